The highest BCUT2D eigenvalue weighted by molar-refractivity contribution is 6.85. The van der Waals surface area contributed by atoms with E-state index < -0.39 is 25.9 Å². The Balaban J connectivity index is 5.22. The van der Waals surface area contributed by atoms with Crippen LogP contribution in [0.5, 0.6) is 0 Å². The van der Waals surface area contributed by atoms with Crippen LogP contribution in [0.15, 0.2) is 0 Å². The maximum absolute atomic E-state index is 12.6. The molecule has 6 N–H and O–H groups in total. The highest BCUT2D eigenvalue weighted by atomic mass is 28.5. The molecule has 8 nitrogen and oxygen atoms in total. The molecular weight excluding hydrogens is 432 g/mol. The van der Waals surface area contributed by atoms with Crippen LogP contribution in [-0.4, -0.2) is 63.9 Å². The third kappa shape index (κ3) is 13.7. The summed E-state index contributed by atoms with van der Waals surface area (Å²) in [5.41, 5.74) is 11.0. The molecule has 2 amide bonds. The van der Waals surface area contributed by atoms with Crippen molar-refractivity contribution in [3.8, 4) is 0 Å². The Kier molecular flexibility index (Phi) is 15.0. The molecule has 0 spiro atoms. The van der Waals surface area contributed by atoms with E-state index >= 15 is 0 Å². The molecule has 0 bridgehead atoms. The molecule has 0 aromatic rings. The molecule has 0 aliphatic rings. The number of hydrogen-bond acceptors (Lipinski definition) is 6. The fourth-order valence-electron chi connectivity index (χ4n) is 3.53. The molecule has 2 atom stereocenters. The predicted octanol–water partition coefficient (Wildman–Crippen LogP) is 1.63. The molecule has 0 saturated carbocycles. The summed E-state index contributed by atoms with van der Waals surface area (Å²) in [6, 6.07) is 1.84. The largest absolute Gasteiger partial charge is 0.439 e. The Morgan fingerprint density at radius 3 is 2.13 bits per heavy atom. The van der Waals surface area contributed by atoms with Gasteiger partial charge in [0.05, 0.1) is 0 Å². The SMILES string of the molecule is CCC[Si](CCCC(CC(=O)NCCN)C(=O)NCCN)(O[SiH](C)C)O[Si](C)(C)C. The predicted molar refractivity (Wildman–Crippen MR) is 132 cm³/mol. The van der Waals surface area contributed by atoms with Crippen LogP contribution >= 0.6 is 0 Å². The average molecular weight is 479 g/mol. The first-order chi connectivity index (χ1) is 14.0. The smallest absolute Gasteiger partial charge is 0.317 e. The third-order valence-corrected chi connectivity index (χ3v) is 14.3. The van der Waals surface area contributed by atoms with E-state index in [2.05, 4.69) is 50.3 Å². The van der Waals surface area contributed by atoms with Crippen molar-refractivity contribution < 1.29 is 17.8 Å². The summed E-state index contributed by atoms with van der Waals surface area (Å²) in [7, 11) is -5.36. The second-order valence-electron chi connectivity index (χ2n) is 9.05. The minimum Gasteiger partial charge on any atom is -0.439 e. The molecule has 0 radical (unpaired) electrons. The number of nitrogens with two attached hydrogens (primary N) is 2. The summed E-state index contributed by atoms with van der Waals surface area (Å²) in [5.74, 6) is -0.642. The molecule has 0 saturated heterocycles. The molecule has 2 unspecified atom stereocenters. The van der Waals surface area contributed by atoms with Crippen LogP contribution in [-0.2, 0) is 17.8 Å². The summed E-state index contributed by atoms with van der Waals surface area (Å²) >= 11 is 0. The lowest BCUT2D eigenvalue weighted by Gasteiger charge is -2.38. The fourth-order valence-corrected chi connectivity index (χ4v) is 15.6. The van der Waals surface area contributed by atoms with Crippen molar-refractivity contribution in [1.29, 1.82) is 0 Å². The van der Waals surface area contributed by atoms with E-state index in [0.29, 0.717) is 32.6 Å². The van der Waals surface area contributed by atoms with Crippen molar-refractivity contribution in [1.82, 2.24) is 10.6 Å². The minimum atomic E-state index is -2.33. The molecule has 0 fully saturated rings. The van der Waals surface area contributed by atoms with E-state index in [1.54, 1.807) is 0 Å². The summed E-state index contributed by atoms with van der Waals surface area (Å²) in [6.07, 6.45) is 2.62. The van der Waals surface area contributed by atoms with Gasteiger partial charge in [0.1, 0.15) is 0 Å². The zero-order valence-corrected chi connectivity index (χ0v) is 23.2. The summed E-state index contributed by atoms with van der Waals surface area (Å²) in [6.45, 7) is 14.8. The molecule has 178 valence electrons. The van der Waals surface area contributed by atoms with Crippen molar-refractivity contribution in [2.75, 3.05) is 26.2 Å². The van der Waals surface area contributed by atoms with E-state index in [4.69, 9.17) is 19.7 Å². The highest BCUT2D eigenvalue weighted by Crippen LogP contribution is 2.29. The van der Waals surface area contributed by atoms with Gasteiger partial charge in [-0.3, -0.25) is 9.59 Å². The zero-order chi connectivity index (χ0) is 23.2. The number of hydrogen-bond donors (Lipinski definition) is 4. The number of rotatable bonds is 17. The quantitative estimate of drug-likeness (QED) is 0.235. The topological polar surface area (TPSA) is 129 Å². The molecule has 0 aromatic heterocycles. The van der Waals surface area contributed by atoms with Crippen molar-refractivity contribution in [2.45, 2.75) is 77.4 Å². The van der Waals surface area contributed by atoms with Crippen LogP contribution in [0.4, 0.5) is 0 Å². The molecule has 0 aliphatic heterocycles. The molecular formula is C19H46N4O4Si3. The van der Waals surface area contributed by atoms with Gasteiger partial charge in [-0.2, -0.15) is 0 Å². The Morgan fingerprint density at radius 2 is 1.63 bits per heavy atom. The first-order valence-corrected chi connectivity index (χ1v) is 19.7. The summed E-state index contributed by atoms with van der Waals surface area (Å²) < 4.78 is 13.3. The van der Waals surface area contributed by atoms with Crippen LogP contribution in [0, 0.1) is 5.92 Å². The van der Waals surface area contributed by atoms with Crippen molar-refractivity contribution >= 4 is 37.7 Å². The Morgan fingerprint density at radius 1 is 1.03 bits per heavy atom. The first-order valence-electron chi connectivity index (χ1n) is 11.3. The number of amides is 2. The molecule has 0 rings (SSSR count). The zero-order valence-electron chi connectivity index (χ0n) is 20.0. The number of carbonyl (C=O) groups is 2. The minimum absolute atomic E-state index is 0.114. The third-order valence-electron chi connectivity index (χ3n) is 4.40. The van der Waals surface area contributed by atoms with Crippen molar-refractivity contribution in [3.63, 3.8) is 0 Å². The molecule has 0 aromatic carbocycles. The Bertz CT molecular complexity index is 507. The average Bonchev–Trinajstić information content (AvgIpc) is 2.61. The van der Waals surface area contributed by atoms with Crippen LogP contribution in [0.2, 0.25) is 44.8 Å². The summed E-state index contributed by atoms with van der Waals surface area (Å²) in [4.78, 5) is 24.8. The van der Waals surface area contributed by atoms with Gasteiger partial charge in [-0.05, 0) is 51.2 Å². The maximum Gasteiger partial charge on any atom is 0.317 e. The van der Waals surface area contributed by atoms with E-state index in [1.807, 2.05) is 0 Å². The number of nitrogens with one attached hydrogen (secondary N) is 2. The molecule has 11 heteroatoms. The molecule has 30 heavy (non-hydrogen) atoms. The lowest BCUT2D eigenvalue weighted by atomic mass is 9.98. The van der Waals surface area contributed by atoms with Crippen LogP contribution < -0.4 is 22.1 Å². The van der Waals surface area contributed by atoms with Gasteiger partial charge in [0.25, 0.3) is 0 Å². The van der Waals surface area contributed by atoms with E-state index in [9.17, 15) is 9.59 Å². The Labute approximate surface area is 187 Å². The van der Waals surface area contributed by atoms with Gasteiger partial charge in [-0.1, -0.05) is 19.8 Å². The fraction of sp³-hybridized carbons (Fsp3) is 0.895. The molecule has 0 aliphatic carbocycles. The van der Waals surface area contributed by atoms with Gasteiger partial charge in [0.2, 0.25) is 11.8 Å². The second-order valence-corrected chi connectivity index (χ2v) is 20.0. The van der Waals surface area contributed by atoms with Gasteiger partial charge in [-0.15, -0.1) is 0 Å². The van der Waals surface area contributed by atoms with Gasteiger partial charge >= 0.3 is 8.56 Å². The lowest BCUT2D eigenvalue weighted by Crippen LogP contribution is -2.51. The van der Waals surface area contributed by atoms with Crippen LogP contribution in [0.1, 0.15) is 32.6 Å². The van der Waals surface area contributed by atoms with Gasteiger partial charge < -0.3 is 30.3 Å². The maximum atomic E-state index is 12.6. The monoisotopic (exact) mass is 478 g/mol. The van der Waals surface area contributed by atoms with E-state index in [1.165, 1.54) is 0 Å². The van der Waals surface area contributed by atoms with Crippen LogP contribution in [0.25, 0.3) is 0 Å². The van der Waals surface area contributed by atoms with Gasteiger partial charge in [0.15, 0.2) is 17.4 Å². The van der Waals surface area contributed by atoms with E-state index in [-0.39, 0.29) is 24.2 Å². The highest BCUT2D eigenvalue weighted by Gasteiger charge is 2.41. The summed E-state index contributed by atoms with van der Waals surface area (Å²) in [5, 5.41) is 5.59. The second kappa shape index (κ2) is 15.3. The standard InChI is InChI=1S/C19H46N4O4Si3/c1-7-14-30(26-28(2)3,27-29(4,5)6)15-8-9-17(19(25)23-13-11-21)16-18(24)22-12-10-20/h17,28H,7-16,20-21H2,1-6H3,(H,22,24)(H,23,25). The van der Waals surface area contributed by atoms with Crippen LogP contribution in [0.3, 0.4) is 0 Å². The van der Waals surface area contributed by atoms with Gasteiger partial charge in [0, 0.05) is 38.5 Å². The normalized spacial score (nSPS) is 15.0. The first kappa shape index (κ1) is 29.4. The van der Waals surface area contributed by atoms with Gasteiger partial charge in [-0.25, -0.2) is 0 Å². The number of carbonyl (C=O) groups excluding carboxylic acids is 2. The lowest BCUT2D eigenvalue weighted by molar-refractivity contribution is -0.130. The molecule has 0 heterocycles. The van der Waals surface area contributed by atoms with E-state index in [0.717, 1.165) is 24.9 Å². The van der Waals surface area contributed by atoms with Crippen molar-refractivity contribution in [3.05, 3.63) is 0 Å². The van der Waals surface area contributed by atoms with Crippen molar-refractivity contribution in [2.24, 2.45) is 17.4 Å². The Hall–Kier alpha value is -0.569.